The third-order valence-electron chi connectivity index (χ3n) is 4.16. The summed E-state index contributed by atoms with van der Waals surface area (Å²) in [5.74, 6) is -0.296. The molecule has 1 aromatic heterocycles. The second kappa shape index (κ2) is 6.83. The predicted octanol–water partition coefficient (Wildman–Crippen LogP) is 4.62. The monoisotopic (exact) mass is 319 g/mol. The number of carbonyl (C=O) groups excluding carboxylic acids is 1. The van der Waals surface area contributed by atoms with Crippen LogP contribution in [0.3, 0.4) is 0 Å². The number of esters is 1. The molecule has 0 saturated carbocycles. The van der Waals surface area contributed by atoms with Crippen LogP contribution in [0.5, 0.6) is 0 Å². The van der Waals surface area contributed by atoms with Crippen molar-refractivity contribution in [3.05, 3.63) is 76.5 Å². The Labute approximate surface area is 142 Å². The van der Waals surface area contributed by atoms with Gasteiger partial charge in [0.25, 0.3) is 0 Å². The predicted molar refractivity (Wildman–Crippen MR) is 96.4 cm³/mol. The van der Waals surface area contributed by atoms with Gasteiger partial charge in [-0.05, 0) is 44.4 Å². The number of carbonyl (C=O) groups is 1. The van der Waals surface area contributed by atoms with Crippen LogP contribution < -0.4 is 0 Å². The highest BCUT2D eigenvalue weighted by atomic mass is 16.5. The molecule has 0 bridgehead atoms. The molecule has 3 heteroatoms. The van der Waals surface area contributed by atoms with Crippen LogP contribution in [0.2, 0.25) is 0 Å². The van der Waals surface area contributed by atoms with Gasteiger partial charge in [0.15, 0.2) is 0 Å². The maximum absolute atomic E-state index is 12.5. The van der Waals surface area contributed by atoms with Gasteiger partial charge in [-0.15, -0.1) is 0 Å². The van der Waals surface area contributed by atoms with Crippen LogP contribution >= 0.6 is 0 Å². The summed E-state index contributed by atoms with van der Waals surface area (Å²) < 4.78 is 5.28. The molecule has 0 fully saturated rings. The van der Waals surface area contributed by atoms with E-state index in [-0.39, 0.29) is 5.97 Å². The van der Waals surface area contributed by atoms with Crippen molar-refractivity contribution in [2.75, 3.05) is 6.61 Å². The zero-order valence-corrected chi connectivity index (χ0v) is 14.3. The molecule has 1 heterocycles. The van der Waals surface area contributed by atoms with E-state index in [2.05, 4.69) is 36.2 Å². The molecule has 2 aromatic carbocycles. The van der Waals surface area contributed by atoms with Crippen LogP contribution in [-0.4, -0.2) is 17.6 Å². The number of aryl methyl sites for hydroxylation is 2. The Morgan fingerprint density at radius 1 is 1.04 bits per heavy atom. The van der Waals surface area contributed by atoms with Crippen molar-refractivity contribution < 1.29 is 9.53 Å². The van der Waals surface area contributed by atoms with E-state index in [9.17, 15) is 4.79 Å². The molecule has 0 spiro atoms. The van der Waals surface area contributed by atoms with E-state index < -0.39 is 0 Å². The van der Waals surface area contributed by atoms with Crippen LogP contribution in [0, 0.1) is 13.8 Å². The molecule has 0 aliphatic rings. The summed E-state index contributed by atoms with van der Waals surface area (Å²) in [6.07, 6.45) is 0.679. The van der Waals surface area contributed by atoms with Gasteiger partial charge in [-0.1, -0.05) is 48.0 Å². The van der Waals surface area contributed by atoms with Gasteiger partial charge in [0.1, 0.15) is 0 Å². The molecule has 0 unspecified atom stereocenters. The van der Waals surface area contributed by atoms with Crippen molar-refractivity contribution in [3.8, 4) is 0 Å². The first-order chi connectivity index (χ1) is 11.6. The van der Waals surface area contributed by atoms with Gasteiger partial charge >= 0.3 is 5.97 Å². The van der Waals surface area contributed by atoms with Gasteiger partial charge < -0.3 is 4.74 Å². The molecule has 0 N–H and O–H groups in total. The average Bonchev–Trinajstić information content (AvgIpc) is 2.57. The topological polar surface area (TPSA) is 39.2 Å². The lowest BCUT2D eigenvalue weighted by Crippen LogP contribution is -2.12. The number of para-hydroxylation sites is 1. The van der Waals surface area contributed by atoms with E-state index in [1.807, 2.05) is 38.1 Å². The number of fused-ring (bicyclic) bond motifs is 1. The van der Waals surface area contributed by atoms with Gasteiger partial charge in [0, 0.05) is 5.39 Å². The van der Waals surface area contributed by atoms with Gasteiger partial charge in [-0.3, -0.25) is 4.98 Å². The SMILES string of the molecule is CCOC(=O)c1c(C)nc2ccccc2c1Cc1ccc(C)cc1. The lowest BCUT2D eigenvalue weighted by Gasteiger charge is -2.15. The number of rotatable bonds is 4. The first-order valence-corrected chi connectivity index (χ1v) is 8.21. The number of nitrogens with zero attached hydrogens (tertiary/aromatic N) is 1. The molecular formula is C21H21NO2. The molecule has 122 valence electrons. The second-order valence-electron chi connectivity index (χ2n) is 5.95. The van der Waals surface area contributed by atoms with Gasteiger partial charge in [0.2, 0.25) is 0 Å². The first-order valence-electron chi connectivity index (χ1n) is 8.21. The lowest BCUT2D eigenvalue weighted by atomic mass is 9.94. The number of ether oxygens (including phenoxy) is 1. The molecule has 24 heavy (non-hydrogen) atoms. The summed E-state index contributed by atoms with van der Waals surface area (Å²) in [6.45, 7) is 6.12. The van der Waals surface area contributed by atoms with Crippen LogP contribution in [0.15, 0.2) is 48.5 Å². The summed E-state index contributed by atoms with van der Waals surface area (Å²) in [5, 5.41) is 1.01. The number of benzene rings is 2. The molecule has 3 nitrogen and oxygen atoms in total. The number of hydrogen-bond donors (Lipinski definition) is 0. The van der Waals surface area contributed by atoms with E-state index in [1.54, 1.807) is 0 Å². The van der Waals surface area contributed by atoms with Crippen molar-refractivity contribution in [1.29, 1.82) is 0 Å². The summed E-state index contributed by atoms with van der Waals surface area (Å²) in [5.41, 5.74) is 5.60. The standard InChI is InChI=1S/C21H21NO2/c1-4-24-21(23)20-15(3)22-19-8-6-5-7-17(19)18(20)13-16-11-9-14(2)10-12-16/h5-12H,4,13H2,1-3H3. The van der Waals surface area contributed by atoms with Crippen molar-refractivity contribution in [3.63, 3.8) is 0 Å². The highest BCUT2D eigenvalue weighted by Crippen LogP contribution is 2.27. The van der Waals surface area contributed by atoms with Gasteiger partial charge in [-0.25, -0.2) is 4.79 Å². The molecule has 0 aliphatic heterocycles. The molecule has 0 saturated heterocycles. The third-order valence-corrected chi connectivity index (χ3v) is 4.16. The molecule has 0 radical (unpaired) electrons. The fraction of sp³-hybridized carbons (Fsp3) is 0.238. The number of pyridine rings is 1. The molecule has 0 amide bonds. The third kappa shape index (κ3) is 3.16. The molecule has 0 atom stereocenters. The average molecular weight is 319 g/mol. The minimum Gasteiger partial charge on any atom is -0.462 e. The van der Waals surface area contributed by atoms with E-state index in [1.165, 1.54) is 11.1 Å². The Hall–Kier alpha value is -2.68. The maximum atomic E-state index is 12.5. The smallest absolute Gasteiger partial charge is 0.340 e. The Kier molecular flexibility index (Phi) is 4.61. The van der Waals surface area contributed by atoms with E-state index in [0.717, 1.165) is 16.5 Å². The van der Waals surface area contributed by atoms with Crippen molar-refractivity contribution in [1.82, 2.24) is 4.98 Å². The Morgan fingerprint density at radius 3 is 2.46 bits per heavy atom. The molecule has 0 aliphatic carbocycles. The Morgan fingerprint density at radius 2 is 1.75 bits per heavy atom. The van der Waals surface area contributed by atoms with Crippen molar-refractivity contribution in [2.45, 2.75) is 27.2 Å². The first kappa shape index (κ1) is 16.2. The van der Waals surface area contributed by atoms with E-state index >= 15 is 0 Å². The molecule has 3 aromatic rings. The maximum Gasteiger partial charge on any atom is 0.340 e. The Balaban J connectivity index is 2.19. The Bertz CT molecular complexity index is 882. The van der Waals surface area contributed by atoms with E-state index in [4.69, 9.17) is 4.74 Å². The lowest BCUT2D eigenvalue weighted by molar-refractivity contribution is 0.0524. The normalized spacial score (nSPS) is 10.8. The fourth-order valence-electron chi connectivity index (χ4n) is 2.98. The van der Waals surface area contributed by atoms with Crippen molar-refractivity contribution in [2.24, 2.45) is 0 Å². The van der Waals surface area contributed by atoms with Crippen molar-refractivity contribution >= 4 is 16.9 Å². The summed E-state index contributed by atoms with van der Waals surface area (Å²) in [6, 6.07) is 16.3. The highest BCUT2D eigenvalue weighted by molar-refractivity contribution is 5.98. The minimum atomic E-state index is -0.296. The quantitative estimate of drug-likeness (QED) is 0.659. The highest BCUT2D eigenvalue weighted by Gasteiger charge is 2.20. The zero-order valence-electron chi connectivity index (χ0n) is 14.3. The van der Waals surface area contributed by atoms with Crippen LogP contribution in [0.25, 0.3) is 10.9 Å². The summed E-state index contributed by atoms with van der Waals surface area (Å²) in [7, 11) is 0. The van der Waals surface area contributed by atoms with Gasteiger partial charge in [-0.2, -0.15) is 0 Å². The van der Waals surface area contributed by atoms with Crippen LogP contribution in [0.1, 0.15) is 39.7 Å². The number of hydrogen-bond acceptors (Lipinski definition) is 3. The van der Waals surface area contributed by atoms with Gasteiger partial charge in [0.05, 0.1) is 23.4 Å². The molecule has 3 rings (SSSR count). The fourth-order valence-corrected chi connectivity index (χ4v) is 2.98. The van der Waals surface area contributed by atoms with Crippen LogP contribution in [0.4, 0.5) is 0 Å². The second-order valence-corrected chi connectivity index (χ2v) is 5.95. The van der Waals surface area contributed by atoms with Crippen LogP contribution in [-0.2, 0) is 11.2 Å². The van der Waals surface area contributed by atoms with E-state index in [0.29, 0.717) is 24.3 Å². The largest absolute Gasteiger partial charge is 0.462 e. The number of aromatic nitrogens is 1. The summed E-state index contributed by atoms with van der Waals surface area (Å²) in [4.78, 5) is 17.1. The minimum absolute atomic E-state index is 0.296. The summed E-state index contributed by atoms with van der Waals surface area (Å²) >= 11 is 0. The molecular weight excluding hydrogens is 298 g/mol. The zero-order chi connectivity index (χ0) is 17.1.